The van der Waals surface area contributed by atoms with Crippen molar-refractivity contribution in [2.24, 2.45) is 5.73 Å². The summed E-state index contributed by atoms with van der Waals surface area (Å²) in [5.74, 6) is -0.0822. The molecule has 0 aliphatic heterocycles. The Morgan fingerprint density at radius 2 is 1.93 bits per heavy atom. The molecule has 27 heavy (non-hydrogen) atoms. The molecule has 1 amide bonds. The maximum absolute atomic E-state index is 12.9. The Labute approximate surface area is 174 Å². The van der Waals surface area contributed by atoms with Gasteiger partial charge in [0.25, 0.3) is 5.91 Å². The molecule has 1 fully saturated rings. The molecule has 0 unspecified atom stereocenters. The fraction of sp³-hybridized carbons (Fsp3) is 0.190. The fourth-order valence-electron chi connectivity index (χ4n) is 3.27. The third-order valence-corrected chi connectivity index (χ3v) is 5.98. The molecular formula is C21H20Cl2N2OS. The van der Waals surface area contributed by atoms with Crippen molar-refractivity contribution in [3.05, 3.63) is 81.7 Å². The summed E-state index contributed by atoms with van der Waals surface area (Å²) >= 11 is 8.06. The van der Waals surface area contributed by atoms with Gasteiger partial charge in [-0.25, -0.2) is 0 Å². The molecule has 4 rings (SSSR count). The molecule has 140 valence electrons. The minimum atomic E-state index is -0.338. The Balaban J connectivity index is 0.00000210. The van der Waals surface area contributed by atoms with Crippen molar-refractivity contribution in [3.63, 3.8) is 0 Å². The maximum atomic E-state index is 12.9. The van der Waals surface area contributed by atoms with Crippen LogP contribution in [0.15, 0.2) is 60.0 Å². The molecule has 0 radical (unpaired) electrons. The molecule has 3 nitrogen and oxygen atoms in total. The summed E-state index contributed by atoms with van der Waals surface area (Å²) in [6.45, 7) is 0.344. The number of rotatable bonds is 5. The normalized spacial score (nSPS) is 14.3. The van der Waals surface area contributed by atoms with E-state index in [-0.39, 0.29) is 23.9 Å². The van der Waals surface area contributed by atoms with Crippen molar-refractivity contribution >= 4 is 41.3 Å². The number of carbonyl (C=O) groups is 1. The van der Waals surface area contributed by atoms with Gasteiger partial charge in [-0.1, -0.05) is 35.9 Å². The molecule has 0 spiro atoms. The molecule has 3 aromatic rings. The van der Waals surface area contributed by atoms with E-state index in [0.717, 1.165) is 29.5 Å². The number of carbonyl (C=O) groups excluding carboxylic acids is 1. The van der Waals surface area contributed by atoms with Gasteiger partial charge in [0.1, 0.15) is 0 Å². The maximum Gasteiger partial charge on any atom is 0.252 e. The van der Waals surface area contributed by atoms with Gasteiger partial charge in [-0.05, 0) is 65.2 Å². The number of hydrogen-bond acceptors (Lipinski definition) is 3. The van der Waals surface area contributed by atoms with Gasteiger partial charge in [0, 0.05) is 22.0 Å². The molecule has 1 heterocycles. The molecule has 1 saturated carbocycles. The van der Waals surface area contributed by atoms with E-state index in [1.165, 1.54) is 4.88 Å². The monoisotopic (exact) mass is 418 g/mol. The van der Waals surface area contributed by atoms with Gasteiger partial charge in [-0.15, -0.1) is 23.7 Å². The number of halogens is 2. The summed E-state index contributed by atoms with van der Waals surface area (Å²) in [6, 6.07) is 17.7. The van der Waals surface area contributed by atoms with E-state index in [1.807, 2.05) is 47.8 Å². The van der Waals surface area contributed by atoms with Crippen LogP contribution in [0.2, 0.25) is 5.02 Å². The van der Waals surface area contributed by atoms with Crippen LogP contribution in [-0.2, 0) is 12.1 Å². The summed E-state index contributed by atoms with van der Waals surface area (Å²) in [7, 11) is 0. The van der Waals surface area contributed by atoms with Crippen molar-refractivity contribution in [1.82, 2.24) is 5.32 Å². The highest BCUT2D eigenvalue weighted by molar-refractivity contribution is 7.13. The summed E-state index contributed by atoms with van der Waals surface area (Å²) in [4.78, 5) is 14.0. The second-order valence-electron chi connectivity index (χ2n) is 6.60. The Morgan fingerprint density at radius 1 is 1.15 bits per heavy atom. The zero-order valence-electron chi connectivity index (χ0n) is 14.6. The quantitative estimate of drug-likeness (QED) is 0.584. The molecule has 1 aromatic heterocycles. The molecule has 3 N–H and O–H groups in total. The highest BCUT2D eigenvalue weighted by Gasteiger charge is 2.46. The Hall–Kier alpha value is -1.85. The number of amides is 1. The van der Waals surface area contributed by atoms with Crippen LogP contribution in [0.25, 0.3) is 10.4 Å². The van der Waals surface area contributed by atoms with Crippen molar-refractivity contribution in [2.75, 3.05) is 0 Å². The molecule has 1 aliphatic rings. The SMILES string of the molecule is Cl.NCc1ccccc1C(=O)NC1(c2cc(Cl)cc(-c3cccs3)c2)CC1. The van der Waals surface area contributed by atoms with Crippen molar-refractivity contribution in [3.8, 4) is 10.4 Å². The average molecular weight is 419 g/mol. The number of hydrogen-bond donors (Lipinski definition) is 2. The summed E-state index contributed by atoms with van der Waals surface area (Å²) in [5, 5.41) is 5.96. The van der Waals surface area contributed by atoms with E-state index in [2.05, 4.69) is 17.4 Å². The molecule has 0 atom stereocenters. The average Bonchev–Trinajstić information content (AvgIpc) is 3.22. The van der Waals surface area contributed by atoms with Gasteiger partial charge in [-0.2, -0.15) is 0 Å². The first-order chi connectivity index (χ1) is 12.6. The van der Waals surface area contributed by atoms with Gasteiger partial charge >= 0.3 is 0 Å². The van der Waals surface area contributed by atoms with Crippen LogP contribution in [-0.4, -0.2) is 5.91 Å². The van der Waals surface area contributed by atoms with Crippen LogP contribution in [0.5, 0.6) is 0 Å². The van der Waals surface area contributed by atoms with Crippen molar-refractivity contribution < 1.29 is 4.79 Å². The predicted octanol–water partition coefficient (Wildman–Crippen LogP) is 5.37. The number of nitrogens with one attached hydrogen (secondary N) is 1. The minimum Gasteiger partial charge on any atom is -0.343 e. The number of thiophene rings is 1. The van der Waals surface area contributed by atoms with Gasteiger partial charge < -0.3 is 11.1 Å². The van der Waals surface area contributed by atoms with Crippen LogP contribution < -0.4 is 11.1 Å². The van der Waals surface area contributed by atoms with Gasteiger partial charge in [-0.3, -0.25) is 4.79 Å². The molecule has 0 saturated heterocycles. The number of nitrogens with two attached hydrogens (primary N) is 1. The van der Waals surface area contributed by atoms with E-state index >= 15 is 0 Å². The summed E-state index contributed by atoms with van der Waals surface area (Å²) in [6.07, 6.45) is 1.82. The highest BCUT2D eigenvalue weighted by atomic mass is 35.5. The van der Waals surface area contributed by atoms with Crippen LogP contribution in [0, 0.1) is 0 Å². The Morgan fingerprint density at radius 3 is 2.59 bits per heavy atom. The van der Waals surface area contributed by atoms with Crippen LogP contribution in [0.1, 0.15) is 34.3 Å². The van der Waals surface area contributed by atoms with E-state index in [0.29, 0.717) is 17.1 Å². The lowest BCUT2D eigenvalue weighted by Gasteiger charge is -2.20. The van der Waals surface area contributed by atoms with E-state index < -0.39 is 0 Å². The smallest absolute Gasteiger partial charge is 0.252 e. The molecule has 0 bridgehead atoms. The lowest BCUT2D eigenvalue weighted by Crippen LogP contribution is -2.35. The molecule has 6 heteroatoms. The van der Waals surface area contributed by atoms with E-state index in [4.69, 9.17) is 17.3 Å². The first-order valence-electron chi connectivity index (χ1n) is 8.57. The zero-order chi connectivity index (χ0) is 18.1. The van der Waals surface area contributed by atoms with Gasteiger partial charge in [0.15, 0.2) is 0 Å². The standard InChI is InChI=1S/C21H19ClN2OS.ClH/c22-17-11-15(19-6-3-9-26-19)10-16(12-17)21(7-8-21)24-20(25)18-5-2-1-4-14(18)13-23;/h1-6,9-12H,7-8,13,23H2,(H,24,25);1H. The molecule has 2 aromatic carbocycles. The van der Waals surface area contributed by atoms with E-state index in [1.54, 1.807) is 11.3 Å². The third-order valence-electron chi connectivity index (χ3n) is 4.84. The lowest BCUT2D eigenvalue weighted by atomic mass is 10.00. The first-order valence-corrected chi connectivity index (χ1v) is 9.82. The summed E-state index contributed by atoms with van der Waals surface area (Å²) < 4.78 is 0. The lowest BCUT2D eigenvalue weighted by molar-refractivity contribution is 0.0930. The fourth-order valence-corrected chi connectivity index (χ4v) is 4.22. The Kier molecular flexibility index (Phi) is 5.92. The first kappa shape index (κ1) is 19.9. The second kappa shape index (κ2) is 8.03. The van der Waals surface area contributed by atoms with Gasteiger partial charge in [0.2, 0.25) is 0 Å². The Bertz CT molecular complexity index is 953. The molecule has 1 aliphatic carbocycles. The van der Waals surface area contributed by atoms with Crippen LogP contribution in [0.4, 0.5) is 0 Å². The second-order valence-corrected chi connectivity index (χ2v) is 7.99. The third kappa shape index (κ3) is 4.04. The highest BCUT2D eigenvalue weighted by Crippen LogP contribution is 2.47. The predicted molar refractivity (Wildman–Crippen MR) is 115 cm³/mol. The summed E-state index contributed by atoms with van der Waals surface area (Å²) in [5.41, 5.74) is 9.08. The number of benzene rings is 2. The molecular weight excluding hydrogens is 399 g/mol. The topological polar surface area (TPSA) is 55.1 Å². The van der Waals surface area contributed by atoms with Gasteiger partial charge in [0.05, 0.1) is 5.54 Å². The van der Waals surface area contributed by atoms with E-state index in [9.17, 15) is 4.79 Å². The largest absolute Gasteiger partial charge is 0.343 e. The minimum absolute atomic E-state index is 0. The van der Waals surface area contributed by atoms with Crippen molar-refractivity contribution in [2.45, 2.75) is 24.9 Å². The van der Waals surface area contributed by atoms with Crippen LogP contribution in [0.3, 0.4) is 0 Å². The van der Waals surface area contributed by atoms with Crippen LogP contribution >= 0.6 is 35.3 Å². The van der Waals surface area contributed by atoms with Crippen molar-refractivity contribution in [1.29, 1.82) is 0 Å². The zero-order valence-corrected chi connectivity index (χ0v) is 17.0.